The van der Waals surface area contributed by atoms with Crippen LogP contribution in [0.5, 0.6) is 0 Å². The maximum atomic E-state index is 12.7. The first-order valence-corrected chi connectivity index (χ1v) is 5.68. The van der Waals surface area contributed by atoms with Gasteiger partial charge in [-0.1, -0.05) is 6.07 Å². The summed E-state index contributed by atoms with van der Waals surface area (Å²) in [5, 5.41) is 8.52. The molecule has 6 heteroatoms. The molecule has 2 aromatic rings. The molecular formula is C14H9F3N2O. The van der Waals surface area contributed by atoms with Crippen LogP contribution >= 0.6 is 0 Å². The number of Topliss-reactive ketones (excluding diaryl/α,β-unsaturated/α-hetero) is 1. The Bertz CT molecular complexity index is 680. The highest BCUT2D eigenvalue weighted by atomic mass is 19.4. The Morgan fingerprint density at radius 1 is 1.25 bits per heavy atom. The molecule has 1 aromatic carbocycles. The molecule has 0 saturated carbocycles. The lowest BCUT2D eigenvalue weighted by Gasteiger charge is -2.11. The normalized spacial score (nSPS) is 11.1. The number of carbonyl (C=O) groups excluding carboxylic acids is 1. The van der Waals surface area contributed by atoms with Gasteiger partial charge < -0.3 is 4.57 Å². The van der Waals surface area contributed by atoms with Gasteiger partial charge >= 0.3 is 6.18 Å². The number of halogens is 3. The summed E-state index contributed by atoms with van der Waals surface area (Å²) in [6.45, 7) is 0. The lowest BCUT2D eigenvalue weighted by Crippen LogP contribution is -2.09. The number of hydrogen-bond acceptors (Lipinski definition) is 2. The summed E-state index contributed by atoms with van der Waals surface area (Å²) >= 11 is 0. The number of benzene rings is 1. The van der Waals surface area contributed by atoms with E-state index in [1.54, 1.807) is 12.1 Å². The van der Waals surface area contributed by atoms with Gasteiger partial charge in [0.2, 0.25) is 0 Å². The molecule has 0 bridgehead atoms. The molecule has 0 atom stereocenters. The average Bonchev–Trinajstić information content (AvgIpc) is 2.87. The van der Waals surface area contributed by atoms with E-state index in [9.17, 15) is 18.0 Å². The van der Waals surface area contributed by atoms with E-state index >= 15 is 0 Å². The number of carbonyl (C=O) groups is 1. The van der Waals surface area contributed by atoms with Crippen molar-refractivity contribution in [2.45, 2.75) is 12.6 Å². The van der Waals surface area contributed by atoms with Gasteiger partial charge in [-0.3, -0.25) is 4.79 Å². The van der Waals surface area contributed by atoms with Crippen LogP contribution in [0.3, 0.4) is 0 Å². The largest absolute Gasteiger partial charge is 0.416 e. The molecule has 0 saturated heterocycles. The number of nitriles is 1. The van der Waals surface area contributed by atoms with E-state index in [0.29, 0.717) is 0 Å². The molecular weight excluding hydrogens is 269 g/mol. The number of hydrogen-bond donors (Lipinski definition) is 0. The maximum Gasteiger partial charge on any atom is 0.416 e. The number of nitrogens with zero attached hydrogens (tertiary/aromatic N) is 2. The van der Waals surface area contributed by atoms with Crippen LogP contribution in [0.4, 0.5) is 13.2 Å². The smallest absolute Gasteiger partial charge is 0.314 e. The van der Waals surface area contributed by atoms with Crippen LogP contribution in [-0.2, 0) is 6.18 Å². The van der Waals surface area contributed by atoms with E-state index in [0.717, 1.165) is 12.1 Å². The van der Waals surface area contributed by atoms with Gasteiger partial charge in [0.25, 0.3) is 0 Å². The zero-order valence-electron chi connectivity index (χ0n) is 10.2. The van der Waals surface area contributed by atoms with Crippen molar-refractivity contribution < 1.29 is 18.0 Å². The molecule has 3 nitrogen and oxygen atoms in total. The number of alkyl halides is 3. The fraction of sp³-hybridized carbons (Fsp3) is 0.143. The van der Waals surface area contributed by atoms with Gasteiger partial charge in [0.05, 0.1) is 17.3 Å². The summed E-state index contributed by atoms with van der Waals surface area (Å²) in [7, 11) is 0. The second kappa shape index (κ2) is 5.21. The lowest BCUT2D eigenvalue weighted by atomic mass is 10.1. The Kier molecular flexibility index (Phi) is 3.61. The first-order valence-electron chi connectivity index (χ1n) is 5.68. The molecule has 0 N–H and O–H groups in total. The Balaban J connectivity index is 2.46. The van der Waals surface area contributed by atoms with Crippen molar-refractivity contribution in [2.75, 3.05) is 0 Å². The van der Waals surface area contributed by atoms with Gasteiger partial charge in [-0.15, -0.1) is 0 Å². The summed E-state index contributed by atoms with van der Waals surface area (Å²) in [5.74, 6) is -0.435. The van der Waals surface area contributed by atoms with Gasteiger partial charge in [-0.05, 0) is 30.3 Å². The molecule has 0 fully saturated rings. The van der Waals surface area contributed by atoms with Crippen molar-refractivity contribution in [3.05, 3.63) is 53.9 Å². The Morgan fingerprint density at radius 3 is 2.65 bits per heavy atom. The molecule has 0 aliphatic heterocycles. The third-order valence-electron chi connectivity index (χ3n) is 2.73. The molecule has 1 heterocycles. The molecule has 0 radical (unpaired) electrons. The van der Waals surface area contributed by atoms with Crippen LogP contribution < -0.4 is 0 Å². The number of ketones is 1. The minimum absolute atomic E-state index is 0.186. The van der Waals surface area contributed by atoms with Gasteiger partial charge in [-0.25, -0.2) is 0 Å². The van der Waals surface area contributed by atoms with E-state index in [1.165, 1.54) is 29.0 Å². The van der Waals surface area contributed by atoms with Crippen molar-refractivity contribution in [1.29, 1.82) is 5.26 Å². The van der Waals surface area contributed by atoms with E-state index < -0.39 is 17.5 Å². The maximum absolute atomic E-state index is 12.7. The van der Waals surface area contributed by atoms with Crippen LogP contribution in [0.25, 0.3) is 5.69 Å². The average molecular weight is 278 g/mol. The van der Waals surface area contributed by atoms with Crippen molar-refractivity contribution in [3.8, 4) is 11.8 Å². The van der Waals surface area contributed by atoms with Gasteiger partial charge in [-0.2, -0.15) is 18.4 Å². The molecule has 20 heavy (non-hydrogen) atoms. The summed E-state index contributed by atoms with van der Waals surface area (Å²) in [6.07, 6.45) is -3.27. The summed E-state index contributed by atoms with van der Waals surface area (Å²) in [6, 6.07) is 9.41. The third kappa shape index (κ3) is 2.72. The van der Waals surface area contributed by atoms with E-state index in [2.05, 4.69) is 0 Å². The zero-order valence-corrected chi connectivity index (χ0v) is 10.2. The Morgan fingerprint density at radius 2 is 2.00 bits per heavy atom. The standard InChI is InChI=1S/C14H9F3N2O/c15-14(16,17)10-3-1-4-11(9-10)19-8-2-5-12(19)13(20)6-7-18/h1-5,8-9H,6H2. The van der Waals surface area contributed by atoms with Gasteiger partial charge in [0, 0.05) is 11.9 Å². The molecule has 0 spiro atoms. The highest BCUT2D eigenvalue weighted by Crippen LogP contribution is 2.30. The molecule has 0 amide bonds. The topological polar surface area (TPSA) is 45.8 Å². The van der Waals surface area contributed by atoms with Crippen LogP contribution in [0.1, 0.15) is 22.5 Å². The summed E-state index contributed by atoms with van der Waals surface area (Å²) in [5.41, 5.74) is -0.376. The van der Waals surface area contributed by atoms with Crippen LogP contribution in [-0.4, -0.2) is 10.4 Å². The number of aromatic nitrogens is 1. The molecule has 0 aliphatic rings. The first kappa shape index (κ1) is 13.9. The second-order valence-electron chi connectivity index (χ2n) is 4.07. The van der Waals surface area contributed by atoms with E-state index in [-0.39, 0.29) is 17.8 Å². The van der Waals surface area contributed by atoms with Crippen molar-refractivity contribution in [1.82, 2.24) is 4.57 Å². The summed E-state index contributed by atoms with van der Waals surface area (Å²) < 4.78 is 39.4. The zero-order chi connectivity index (χ0) is 14.8. The van der Waals surface area contributed by atoms with E-state index in [1.807, 2.05) is 0 Å². The molecule has 0 aliphatic carbocycles. The first-order chi connectivity index (χ1) is 9.43. The molecule has 2 rings (SSSR count). The fourth-order valence-electron chi connectivity index (χ4n) is 1.83. The van der Waals surface area contributed by atoms with Crippen LogP contribution in [0.15, 0.2) is 42.6 Å². The fourth-order valence-corrected chi connectivity index (χ4v) is 1.83. The minimum Gasteiger partial charge on any atom is -0.314 e. The molecule has 1 aromatic heterocycles. The predicted molar refractivity (Wildman–Crippen MR) is 65.3 cm³/mol. The molecule has 0 unspecified atom stereocenters. The monoisotopic (exact) mass is 278 g/mol. The Labute approximate surface area is 112 Å². The quantitative estimate of drug-likeness (QED) is 0.805. The van der Waals surface area contributed by atoms with Crippen molar-refractivity contribution in [3.63, 3.8) is 0 Å². The summed E-state index contributed by atoms with van der Waals surface area (Å²) in [4.78, 5) is 11.7. The minimum atomic E-state index is -4.44. The lowest BCUT2D eigenvalue weighted by molar-refractivity contribution is -0.137. The molecule has 102 valence electrons. The highest BCUT2D eigenvalue weighted by Gasteiger charge is 2.30. The SMILES string of the molecule is N#CCC(=O)c1cccn1-c1cccc(C(F)(F)F)c1. The predicted octanol–water partition coefficient (Wildman–Crippen LogP) is 3.59. The van der Waals surface area contributed by atoms with E-state index in [4.69, 9.17) is 5.26 Å². The van der Waals surface area contributed by atoms with Crippen molar-refractivity contribution in [2.24, 2.45) is 0 Å². The van der Waals surface area contributed by atoms with Gasteiger partial charge in [0.15, 0.2) is 5.78 Å². The second-order valence-corrected chi connectivity index (χ2v) is 4.07. The van der Waals surface area contributed by atoms with Crippen molar-refractivity contribution >= 4 is 5.78 Å². The van der Waals surface area contributed by atoms with Crippen LogP contribution in [0.2, 0.25) is 0 Å². The van der Waals surface area contributed by atoms with Gasteiger partial charge in [0.1, 0.15) is 6.42 Å². The van der Waals surface area contributed by atoms with Crippen LogP contribution in [0, 0.1) is 11.3 Å². The number of rotatable bonds is 3. The Hall–Kier alpha value is -2.55. The third-order valence-corrected chi connectivity index (χ3v) is 2.73. The highest BCUT2D eigenvalue weighted by molar-refractivity contribution is 5.96.